The highest BCUT2D eigenvalue weighted by Crippen LogP contribution is 2.21. The Balaban J connectivity index is 2.11. The molecule has 13 heavy (non-hydrogen) atoms. The number of hydrogen-bond donors (Lipinski definition) is 0. The quantitative estimate of drug-likeness (QED) is 0.492. The van der Waals surface area contributed by atoms with Gasteiger partial charge in [0.25, 0.3) is 5.91 Å². The molecule has 2 heteroatoms. The molecule has 0 unspecified atom stereocenters. The molecule has 0 aliphatic carbocycles. The average molecular weight is 173 g/mol. The summed E-state index contributed by atoms with van der Waals surface area (Å²) in [6.07, 6.45) is 1.81. The van der Waals surface area contributed by atoms with Gasteiger partial charge in [0.15, 0.2) is 0 Å². The van der Waals surface area contributed by atoms with Crippen LogP contribution in [0.25, 0.3) is 0 Å². The SMILES string of the molecule is C=C[C@@H]1CN1C(=O)c1ccccc1. The second kappa shape index (κ2) is 3.05. The van der Waals surface area contributed by atoms with Crippen molar-refractivity contribution in [1.29, 1.82) is 0 Å². The molecule has 0 aromatic heterocycles. The highest BCUT2D eigenvalue weighted by molar-refractivity contribution is 5.96. The Bertz CT molecular complexity index is 331. The Hall–Kier alpha value is -1.57. The third-order valence-corrected chi connectivity index (χ3v) is 2.20. The number of carbonyl (C=O) groups excluding carboxylic acids is 1. The number of rotatable bonds is 2. The largest absolute Gasteiger partial charge is 0.328 e. The van der Waals surface area contributed by atoms with Gasteiger partial charge < -0.3 is 4.90 Å². The van der Waals surface area contributed by atoms with Crippen molar-refractivity contribution in [2.24, 2.45) is 0 Å². The van der Waals surface area contributed by atoms with E-state index in [2.05, 4.69) is 6.58 Å². The summed E-state index contributed by atoms with van der Waals surface area (Å²) in [5, 5.41) is 0. The number of carbonyl (C=O) groups is 1. The maximum atomic E-state index is 11.7. The lowest BCUT2D eigenvalue weighted by molar-refractivity contribution is 0.0879. The van der Waals surface area contributed by atoms with Crippen molar-refractivity contribution < 1.29 is 4.79 Å². The minimum atomic E-state index is 0.102. The molecule has 1 amide bonds. The molecule has 66 valence electrons. The van der Waals surface area contributed by atoms with Gasteiger partial charge in [-0.1, -0.05) is 24.3 Å². The normalized spacial score (nSPS) is 19.7. The van der Waals surface area contributed by atoms with E-state index in [0.29, 0.717) is 0 Å². The Morgan fingerprint density at radius 1 is 1.46 bits per heavy atom. The Morgan fingerprint density at radius 3 is 2.69 bits per heavy atom. The van der Waals surface area contributed by atoms with Crippen LogP contribution in [0.3, 0.4) is 0 Å². The second-order valence-corrected chi connectivity index (χ2v) is 3.13. The predicted octanol–water partition coefficient (Wildman–Crippen LogP) is 1.70. The molecule has 0 saturated carbocycles. The number of benzene rings is 1. The molecule has 0 radical (unpaired) electrons. The zero-order chi connectivity index (χ0) is 9.26. The Labute approximate surface area is 77.5 Å². The fourth-order valence-electron chi connectivity index (χ4n) is 1.34. The molecule has 1 heterocycles. The van der Waals surface area contributed by atoms with Crippen molar-refractivity contribution in [2.45, 2.75) is 6.04 Å². The van der Waals surface area contributed by atoms with Crippen LogP contribution in [0.2, 0.25) is 0 Å². The number of amides is 1. The smallest absolute Gasteiger partial charge is 0.254 e. The van der Waals surface area contributed by atoms with Gasteiger partial charge in [-0.25, -0.2) is 0 Å². The average Bonchev–Trinajstić information content (AvgIpc) is 2.97. The monoisotopic (exact) mass is 173 g/mol. The fourth-order valence-corrected chi connectivity index (χ4v) is 1.34. The first-order valence-corrected chi connectivity index (χ1v) is 4.31. The molecule has 1 aromatic carbocycles. The van der Waals surface area contributed by atoms with E-state index in [4.69, 9.17) is 0 Å². The summed E-state index contributed by atoms with van der Waals surface area (Å²) in [4.78, 5) is 13.4. The van der Waals surface area contributed by atoms with E-state index < -0.39 is 0 Å². The lowest BCUT2D eigenvalue weighted by Crippen LogP contribution is -2.12. The Kier molecular flexibility index (Phi) is 1.89. The molecule has 1 aromatic rings. The standard InChI is InChI=1S/C11H11NO/c1-2-10-8-12(10)11(13)9-6-4-3-5-7-9/h2-7,10H,1,8H2/t10-,12?/m1/s1. The summed E-state index contributed by atoms with van der Waals surface area (Å²) >= 11 is 0. The molecule has 1 fully saturated rings. The van der Waals surface area contributed by atoms with Crippen molar-refractivity contribution in [3.63, 3.8) is 0 Å². The molecule has 2 nitrogen and oxygen atoms in total. The number of hydrogen-bond acceptors (Lipinski definition) is 1. The minimum Gasteiger partial charge on any atom is -0.328 e. The minimum absolute atomic E-state index is 0.102. The van der Waals surface area contributed by atoms with Crippen molar-refractivity contribution in [2.75, 3.05) is 6.54 Å². The van der Waals surface area contributed by atoms with Gasteiger partial charge in [0, 0.05) is 12.1 Å². The van der Waals surface area contributed by atoms with E-state index in [0.717, 1.165) is 12.1 Å². The van der Waals surface area contributed by atoms with Crippen LogP contribution in [0, 0.1) is 0 Å². The summed E-state index contributed by atoms with van der Waals surface area (Å²) in [5.74, 6) is 0.102. The summed E-state index contributed by atoms with van der Waals surface area (Å²) in [5.41, 5.74) is 0.756. The lowest BCUT2D eigenvalue weighted by Gasteiger charge is -2.01. The topological polar surface area (TPSA) is 20.1 Å². The van der Waals surface area contributed by atoms with Crippen LogP contribution in [0.5, 0.6) is 0 Å². The van der Waals surface area contributed by atoms with E-state index in [1.54, 1.807) is 11.0 Å². The van der Waals surface area contributed by atoms with Gasteiger partial charge in [0.05, 0.1) is 6.04 Å². The Morgan fingerprint density at radius 2 is 2.15 bits per heavy atom. The van der Waals surface area contributed by atoms with Gasteiger partial charge in [-0.05, 0) is 12.1 Å². The van der Waals surface area contributed by atoms with Gasteiger partial charge in [-0.15, -0.1) is 6.58 Å². The first-order valence-electron chi connectivity index (χ1n) is 4.31. The van der Waals surface area contributed by atoms with Crippen LogP contribution < -0.4 is 0 Å². The van der Waals surface area contributed by atoms with Crippen LogP contribution in [0.4, 0.5) is 0 Å². The van der Waals surface area contributed by atoms with Crippen LogP contribution >= 0.6 is 0 Å². The maximum absolute atomic E-state index is 11.7. The molecule has 0 spiro atoms. The molecule has 0 N–H and O–H groups in total. The highest BCUT2D eigenvalue weighted by Gasteiger charge is 2.35. The molecule has 1 aliphatic rings. The van der Waals surface area contributed by atoms with Gasteiger partial charge in [0.2, 0.25) is 0 Å². The molecule has 1 aliphatic heterocycles. The lowest BCUT2D eigenvalue weighted by atomic mass is 10.2. The van der Waals surface area contributed by atoms with Crippen LogP contribution in [-0.4, -0.2) is 23.4 Å². The summed E-state index contributed by atoms with van der Waals surface area (Å²) in [6, 6.07) is 9.58. The van der Waals surface area contributed by atoms with Crippen molar-refractivity contribution in [1.82, 2.24) is 4.90 Å². The second-order valence-electron chi connectivity index (χ2n) is 3.13. The van der Waals surface area contributed by atoms with Gasteiger partial charge in [-0.3, -0.25) is 4.79 Å². The first-order chi connectivity index (χ1) is 6.33. The van der Waals surface area contributed by atoms with E-state index in [1.807, 2.05) is 30.3 Å². The van der Waals surface area contributed by atoms with E-state index in [9.17, 15) is 4.79 Å². The van der Waals surface area contributed by atoms with Gasteiger partial charge in [0.1, 0.15) is 0 Å². The van der Waals surface area contributed by atoms with Crippen LogP contribution in [0.1, 0.15) is 10.4 Å². The molecule has 1 saturated heterocycles. The third-order valence-electron chi connectivity index (χ3n) is 2.20. The highest BCUT2D eigenvalue weighted by atomic mass is 16.2. The molecular weight excluding hydrogens is 162 g/mol. The van der Waals surface area contributed by atoms with Crippen molar-refractivity contribution >= 4 is 5.91 Å². The zero-order valence-electron chi connectivity index (χ0n) is 7.31. The molecule has 1 atom stereocenters. The fraction of sp³-hybridized carbons (Fsp3) is 0.182. The zero-order valence-corrected chi connectivity index (χ0v) is 7.31. The van der Waals surface area contributed by atoms with Crippen LogP contribution in [-0.2, 0) is 0 Å². The molecule has 2 rings (SSSR count). The van der Waals surface area contributed by atoms with Crippen molar-refractivity contribution in [3.8, 4) is 0 Å². The first kappa shape index (κ1) is 8.05. The van der Waals surface area contributed by atoms with E-state index in [-0.39, 0.29) is 11.9 Å². The van der Waals surface area contributed by atoms with E-state index >= 15 is 0 Å². The summed E-state index contributed by atoms with van der Waals surface area (Å²) in [7, 11) is 0. The molecular formula is C11H11NO. The van der Waals surface area contributed by atoms with E-state index in [1.165, 1.54) is 0 Å². The van der Waals surface area contributed by atoms with Crippen LogP contribution in [0.15, 0.2) is 43.0 Å². The van der Waals surface area contributed by atoms with Crippen molar-refractivity contribution in [3.05, 3.63) is 48.6 Å². The van der Waals surface area contributed by atoms with Gasteiger partial charge >= 0.3 is 0 Å². The summed E-state index contributed by atoms with van der Waals surface area (Å²) in [6.45, 7) is 4.47. The predicted molar refractivity (Wildman–Crippen MR) is 51.5 cm³/mol. The third kappa shape index (κ3) is 1.47. The summed E-state index contributed by atoms with van der Waals surface area (Å²) < 4.78 is 0. The maximum Gasteiger partial charge on any atom is 0.254 e. The molecule has 0 bridgehead atoms. The van der Waals surface area contributed by atoms with Gasteiger partial charge in [-0.2, -0.15) is 0 Å². The number of nitrogens with zero attached hydrogens (tertiary/aromatic N) is 1.